The minimum absolute atomic E-state index is 0.0150. The normalized spacial score (nSPS) is 23.4. The average Bonchev–Trinajstić information content (AvgIpc) is 3.06. The zero-order valence-electron chi connectivity index (χ0n) is 12.3. The molecule has 1 aliphatic rings. The summed E-state index contributed by atoms with van der Waals surface area (Å²) in [6, 6.07) is 1.93. The molecule has 3 N–H and O–H groups in total. The zero-order chi connectivity index (χ0) is 14.3. The van der Waals surface area contributed by atoms with Crippen molar-refractivity contribution in [1.82, 2.24) is 15.2 Å². The van der Waals surface area contributed by atoms with E-state index in [0.29, 0.717) is 17.7 Å². The highest BCUT2D eigenvalue weighted by Crippen LogP contribution is 2.43. The van der Waals surface area contributed by atoms with E-state index in [-0.39, 0.29) is 5.41 Å². The first-order chi connectivity index (χ1) is 9.43. The minimum Gasteiger partial charge on any atom is -0.445 e. The number of nitrogens with one attached hydrogen (secondary N) is 1. The Balaban J connectivity index is 1.72. The van der Waals surface area contributed by atoms with Crippen molar-refractivity contribution in [3.05, 3.63) is 29.6 Å². The first kappa shape index (κ1) is 13.2. The fraction of sp³-hybridized carbons (Fsp3) is 0.600. The van der Waals surface area contributed by atoms with Gasteiger partial charge in [-0.3, -0.25) is 5.10 Å². The lowest BCUT2D eigenvalue weighted by Gasteiger charge is -2.13. The molecule has 1 aliphatic carbocycles. The lowest BCUT2D eigenvalue weighted by molar-refractivity contribution is 0.363. The molecule has 5 heteroatoms. The number of hydrogen-bond acceptors (Lipinski definition) is 4. The van der Waals surface area contributed by atoms with Gasteiger partial charge in [-0.1, -0.05) is 20.8 Å². The van der Waals surface area contributed by atoms with Crippen LogP contribution in [0.3, 0.4) is 0 Å². The van der Waals surface area contributed by atoms with Crippen LogP contribution in [0.2, 0.25) is 0 Å². The number of aromatic amines is 1. The molecular weight excluding hydrogens is 252 g/mol. The molecule has 0 amide bonds. The van der Waals surface area contributed by atoms with Crippen molar-refractivity contribution in [2.24, 2.45) is 0 Å². The van der Waals surface area contributed by atoms with E-state index in [1.165, 1.54) is 0 Å². The molecule has 1 saturated carbocycles. The van der Waals surface area contributed by atoms with E-state index in [2.05, 4.69) is 36.0 Å². The summed E-state index contributed by atoms with van der Waals surface area (Å²) in [5.74, 6) is 3.29. The maximum atomic E-state index is 5.96. The second-order valence-corrected chi connectivity index (χ2v) is 6.77. The molecule has 1 fully saturated rings. The van der Waals surface area contributed by atoms with Gasteiger partial charge < -0.3 is 10.2 Å². The Morgan fingerprint density at radius 1 is 1.30 bits per heavy atom. The van der Waals surface area contributed by atoms with Gasteiger partial charge in [0.25, 0.3) is 0 Å². The monoisotopic (exact) mass is 274 g/mol. The molecule has 2 aromatic rings. The zero-order valence-corrected chi connectivity index (χ0v) is 12.3. The van der Waals surface area contributed by atoms with Crippen LogP contribution in [-0.2, 0) is 5.41 Å². The number of nitrogens with zero attached hydrogens (tertiary/aromatic N) is 2. The molecule has 0 saturated heterocycles. The SMILES string of the molecule is CC(C)(C)c1cnc([C@@H]2CC[C@H](c3cc(N)n[nH]3)C2)o1. The standard InChI is InChI=1S/C15H22N4O/c1-15(2,3)12-8-17-14(20-12)10-5-4-9(6-10)11-7-13(16)19-18-11/h7-10H,4-6H2,1-3H3,(H3,16,18,19)/t9-,10+/m0/s1. The lowest BCUT2D eigenvalue weighted by atomic mass is 9.94. The van der Waals surface area contributed by atoms with Gasteiger partial charge in [0.1, 0.15) is 11.6 Å². The topological polar surface area (TPSA) is 80.7 Å². The van der Waals surface area contributed by atoms with Crippen molar-refractivity contribution in [3.63, 3.8) is 0 Å². The van der Waals surface area contributed by atoms with Gasteiger partial charge in [-0.2, -0.15) is 5.10 Å². The minimum atomic E-state index is 0.0150. The second kappa shape index (κ2) is 4.65. The molecule has 0 radical (unpaired) electrons. The highest BCUT2D eigenvalue weighted by Gasteiger charge is 2.32. The van der Waals surface area contributed by atoms with Gasteiger partial charge in [0.05, 0.1) is 6.20 Å². The summed E-state index contributed by atoms with van der Waals surface area (Å²) in [7, 11) is 0. The summed E-state index contributed by atoms with van der Waals surface area (Å²) in [5, 5.41) is 7.03. The number of aromatic nitrogens is 3. The summed E-state index contributed by atoms with van der Waals surface area (Å²) in [6.07, 6.45) is 5.15. The third-order valence-electron chi connectivity index (χ3n) is 4.10. The molecule has 2 atom stereocenters. The van der Waals surface area contributed by atoms with E-state index >= 15 is 0 Å². The van der Waals surface area contributed by atoms with E-state index in [0.717, 1.165) is 36.6 Å². The third-order valence-corrected chi connectivity index (χ3v) is 4.10. The number of H-pyrrole nitrogens is 1. The van der Waals surface area contributed by atoms with E-state index < -0.39 is 0 Å². The van der Waals surface area contributed by atoms with Gasteiger partial charge in [-0.25, -0.2) is 4.98 Å². The molecule has 2 aromatic heterocycles. The van der Waals surface area contributed by atoms with Gasteiger partial charge in [0.2, 0.25) is 0 Å². The smallest absolute Gasteiger partial charge is 0.197 e. The summed E-state index contributed by atoms with van der Waals surface area (Å²) >= 11 is 0. The van der Waals surface area contributed by atoms with E-state index in [1.54, 1.807) is 0 Å². The van der Waals surface area contributed by atoms with Crippen LogP contribution in [0.1, 0.15) is 69.2 Å². The van der Waals surface area contributed by atoms with Gasteiger partial charge in [0, 0.05) is 29.0 Å². The van der Waals surface area contributed by atoms with Crippen molar-refractivity contribution in [2.45, 2.75) is 57.3 Å². The molecule has 20 heavy (non-hydrogen) atoms. The largest absolute Gasteiger partial charge is 0.445 e. The van der Waals surface area contributed by atoms with Crippen LogP contribution in [0.15, 0.2) is 16.7 Å². The Morgan fingerprint density at radius 3 is 2.65 bits per heavy atom. The molecule has 0 bridgehead atoms. The number of rotatable bonds is 2. The number of nitrogen functional groups attached to an aromatic ring is 1. The van der Waals surface area contributed by atoms with Crippen molar-refractivity contribution >= 4 is 5.82 Å². The first-order valence-corrected chi connectivity index (χ1v) is 7.20. The van der Waals surface area contributed by atoms with Crippen LogP contribution in [0.4, 0.5) is 5.82 Å². The van der Waals surface area contributed by atoms with Crippen molar-refractivity contribution in [2.75, 3.05) is 5.73 Å². The Kier molecular flexibility index (Phi) is 3.07. The Morgan fingerprint density at radius 2 is 2.05 bits per heavy atom. The molecule has 0 aromatic carbocycles. The number of nitrogens with two attached hydrogens (primary N) is 1. The Bertz CT molecular complexity index is 593. The van der Waals surface area contributed by atoms with Gasteiger partial charge >= 0.3 is 0 Å². The average molecular weight is 274 g/mol. The highest BCUT2D eigenvalue weighted by molar-refractivity contribution is 5.31. The lowest BCUT2D eigenvalue weighted by Crippen LogP contribution is -2.09. The Hall–Kier alpha value is -1.78. The summed E-state index contributed by atoms with van der Waals surface area (Å²) < 4.78 is 5.96. The maximum Gasteiger partial charge on any atom is 0.197 e. The van der Waals surface area contributed by atoms with Gasteiger partial charge in [0.15, 0.2) is 5.89 Å². The molecule has 0 unspecified atom stereocenters. The van der Waals surface area contributed by atoms with Crippen LogP contribution in [0.25, 0.3) is 0 Å². The number of hydrogen-bond donors (Lipinski definition) is 2. The molecule has 5 nitrogen and oxygen atoms in total. The Labute approximate surface area is 119 Å². The van der Waals surface area contributed by atoms with Crippen LogP contribution in [0, 0.1) is 0 Å². The molecule has 0 aliphatic heterocycles. The van der Waals surface area contributed by atoms with Crippen molar-refractivity contribution in [1.29, 1.82) is 0 Å². The summed E-state index contributed by atoms with van der Waals surface area (Å²) in [5.41, 5.74) is 6.82. The number of anilines is 1. The van der Waals surface area contributed by atoms with E-state index in [1.807, 2.05) is 12.3 Å². The molecule has 108 valence electrons. The van der Waals surface area contributed by atoms with Gasteiger partial charge in [-0.15, -0.1) is 0 Å². The van der Waals surface area contributed by atoms with Crippen LogP contribution < -0.4 is 5.73 Å². The fourth-order valence-electron chi connectivity index (χ4n) is 2.87. The maximum absolute atomic E-state index is 5.96. The predicted octanol–water partition coefficient (Wildman–Crippen LogP) is 3.33. The molecular formula is C15H22N4O. The predicted molar refractivity (Wildman–Crippen MR) is 77.5 cm³/mol. The van der Waals surface area contributed by atoms with Gasteiger partial charge in [-0.05, 0) is 19.3 Å². The van der Waals surface area contributed by atoms with Crippen molar-refractivity contribution < 1.29 is 4.42 Å². The quantitative estimate of drug-likeness (QED) is 0.880. The summed E-state index contributed by atoms with van der Waals surface area (Å²) in [6.45, 7) is 6.42. The molecule has 2 heterocycles. The second-order valence-electron chi connectivity index (χ2n) is 6.77. The van der Waals surface area contributed by atoms with E-state index in [9.17, 15) is 0 Å². The summed E-state index contributed by atoms with van der Waals surface area (Å²) in [4.78, 5) is 4.48. The van der Waals surface area contributed by atoms with Crippen LogP contribution in [-0.4, -0.2) is 15.2 Å². The van der Waals surface area contributed by atoms with Crippen LogP contribution >= 0.6 is 0 Å². The third kappa shape index (κ3) is 2.44. The fourth-order valence-corrected chi connectivity index (χ4v) is 2.87. The van der Waals surface area contributed by atoms with Crippen LogP contribution in [0.5, 0.6) is 0 Å². The van der Waals surface area contributed by atoms with Crippen molar-refractivity contribution in [3.8, 4) is 0 Å². The first-order valence-electron chi connectivity index (χ1n) is 7.20. The van der Waals surface area contributed by atoms with E-state index in [4.69, 9.17) is 10.2 Å². The molecule has 0 spiro atoms. The highest BCUT2D eigenvalue weighted by atomic mass is 16.4. The molecule has 3 rings (SSSR count). The number of oxazole rings is 1.